The summed E-state index contributed by atoms with van der Waals surface area (Å²) >= 11 is 0. The Morgan fingerprint density at radius 2 is 2.41 bits per heavy atom. The number of rotatable bonds is 5. The van der Waals surface area contributed by atoms with Crippen molar-refractivity contribution in [3.8, 4) is 0 Å². The molecule has 1 aromatic heterocycles. The molecule has 2 N–H and O–H groups in total. The summed E-state index contributed by atoms with van der Waals surface area (Å²) in [5.41, 5.74) is 2.17. The van der Waals surface area contributed by atoms with Gasteiger partial charge in [0.15, 0.2) is 0 Å². The Morgan fingerprint density at radius 3 is 2.94 bits per heavy atom. The van der Waals surface area contributed by atoms with E-state index in [1.54, 1.807) is 0 Å². The number of hydrogen-bond acceptors (Lipinski definition) is 1. The Kier molecular flexibility index (Phi) is 3.18. The maximum absolute atomic E-state index is 10.8. The van der Waals surface area contributed by atoms with Gasteiger partial charge in [-0.3, -0.25) is 4.79 Å². The van der Waals surface area contributed by atoms with Gasteiger partial charge in [-0.1, -0.05) is 30.7 Å². The van der Waals surface area contributed by atoms with Crippen molar-refractivity contribution < 1.29 is 9.90 Å². The van der Waals surface area contributed by atoms with Crippen LogP contribution >= 0.6 is 0 Å². The first kappa shape index (κ1) is 11.7. The van der Waals surface area contributed by atoms with Gasteiger partial charge in [0.2, 0.25) is 0 Å². The molecule has 90 valence electrons. The fraction of sp³-hybridized carbons (Fsp3) is 0.357. The minimum absolute atomic E-state index is 0.187. The number of carboxylic acid groups (broad SMARTS) is 1. The number of hydrogen-bond donors (Lipinski definition) is 2. The van der Waals surface area contributed by atoms with Gasteiger partial charge in [0.25, 0.3) is 0 Å². The topological polar surface area (TPSA) is 53.1 Å². The van der Waals surface area contributed by atoms with E-state index >= 15 is 0 Å². The maximum atomic E-state index is 10.8. The van der Waals surface area contributed by atoms with Gasteiger partial charge in [-0.15, -0.1) is 0 Å². The number of allylic oxidation sites excluding steroid dienone is 4. The molecule has 0 fully saturated rings. The highest BCUT2D eigenvalue weighted by Gasteiger charge is 2.32. The van der Waals surface area contributed by atoms with Crippen LogP contribution in [0.15, 0.2) is 42.1 Å². The molecule has 17 heavy (non-hydrogen) atoms. The Balaban J connectivity index is 2.26. The van der Waals surface area contributed by atoms with Crippen molar-refractivity contribution >= 4 is 5.97 Å². The summed E-state index contributed by atoms with van der Waals surface area (Å²) < 4.78 is 0. The number of aromatic amines is 1. The lowest BCUT2D eigenvalue weighted by atomic mass is 9.75. The second-order valence-corrected chi connectivity index (χ2v) is 4.63. The normalized spacial score (nSPS) is 17.8. The van der Waals surface area contributed by atoms with Crippen LogP contribution in [-0.4, -0.2) is 16.1 Å². The Morgan fingerprint density at radius 1 is 1.59 bits per heavy atom. The molecule has 3 nitrogen and oxygen atoms in total. The molecule has 0 bridgehead atoms. The SMILES string of the molecule is CC(CCC(=O)O)(C1=CC=CC1)c1ccc[nH]1. The highest BCUT2D eigenvalue weighted by atomic mass is 16.4. The van der Waals surface area contributed by atoms with Crippen molar-refractivity contribution in [3.63, 3.8) is 0 Å². The van der Waals surface area contributed by atoms with Gasteiger partial charge in [0, 0.05) is 23.7 Å². The van der Waals surface area contributed by atoms with E-state index in [0.717, 1.165) is 12.1 Å². The van der Waals surface area contributed by atoms with E-state index in [-0.39, 0.29) is 11.8 Å². The summed E-state index contributed by atoms with van der Waals surface area (Å²) in [7, 11) is 0. The van der Waals surface area contributed by atoms with Crippen LogP contribution in [0.1, 0.15) is 31.9 Å². The van der Waals surface area contributed by atoms with Crippen LogP contribution in [0.5, 0.6) is 0 Å². The van der Waals surface area contributed by atoms with Crippen LogP contribution in [0.4, 0.5) is 0 Å². The summed E-state index contributed by atoms with van der Waals surface area (Å²) in [5, 5.41) is 8.87. The molecular formula is C14H17NO2. The average Bonchev–Trinajstić information content (AvgIpc) is 2.97. The minimum Gasteiger partial charge on any atom is -0.481 e. The Labute approximate surface area is 101 Å². The standard InChI is InChI=1S/C14H17NO2/c1-14(9-8-13(16)17,11-5-2-3-6-11)12-7-4-10-15-12/h2-5,7,10,15H,6,8-9H2,1H3,(H,16,17). The fourth-order valence-electron chi connectivity index (χ4n) is 2.36. The molecule has 1 heterocycles. The molecule has 0 amide bonds. The molecule has 2 rings (SSSR count). The van der Waals surface area contributed by atoms with E-state index in [2.05, 4.69) is 24.1 Å². The molecule has 1 aliphatic rings. The lowest BCUT2D eigenvalue weighted by Gasteiger charge is -2.30. The molecular weight excluding hydrogens is 214 g/mol. The number of aromatic nitrogens is 1. The van der Waals surface area contributed by atoms with Crippen LogP contribution in [-0.2, 0) is 10.2 Å². The molecule has 0 saturated heterocycles. The first-order valence-electron chi connectivity index (χ1n) is 5.85. The van der Waals surface area contributed by atoms with E-state index in [4.69, 9.17) is 5.11 Å². The van der Waals surface area contributed by atoms with Crippen molar-refractivity contribution in [2.24, 2.45) is 0 Å². The lowest BCUT2D eigenvalue weighted by molar-refractivity contribution is -0.137. The quantitative estimate of drug-likeness (QED) is 0.818. The second kappa shape index (κ2) is 4.62. The molecule has 1 unspecified atom stereocenters. The van der Waals surface area contributed by atoms with Crippen LogP contribution in [0.2, 0.25) is 0 Å². The summed E-state index contributed by atoms with van der Waals surface area (Å²) in [6.07, 6.45) is 9.85. The van der Waals surface area contributed by atoms with E-state index in [1.807, 2.05) is 24.4 Å². The van der Waals surface area contributed by atoms with Gasteiger partial charge >= 0.3 is 5.97 Å². The molecule has 3 heteroatoms. The third-order valence-corrected chi connectivity index (χ3v) is 3.51. The van der Waals surface area contributed by atoms with Gasteiger partial charge in [-0.05, 0) is 25.0 Å². The number of carboxylic acids is 1. The largest absolute Gasteiger partial charge is 0.481 e. The van der Waals surface area contributed by atoms with E-state index < -0.39 is 5.97 Å². The number of nitrogens with one attached hydrogen (secondary N) is 1. The molecule has 0 spiro atoms. The number of H-pyrrole nitrogens is 1. The van der Waals surface area contributed by atoms with Gasteiger partial charge < -0.3 is 10.1 Å². The van der Waals surface area contributed by atoms with Crippen molar-refractivity contribution in [1.29, 1.82) is 0 Å². The van der Waals surface area contributed by atoms with E-state index in [0.29, 0.717) is 6.42 Å². The van der Waals surface area contributed by atoms with Crippen molar-refractivity contribution in [3.05, 3.63) is 47.8 Å². The molecule has 1 aromatic rings. The first-order valence-corrected chi connectivity index (χ1v) is 5.85. The lowest BCUT2D eigenvalue weighted by Crippen LogP contribution is -2.26. The average molecular weight is 231 g/mol. The Bertz CT molecular complexity index is 457. The first-order chi connectivity index (χ1) is 8.13. The minimum atomic E-state index is -0.741. The zero-order chi connectivity index (χ0) is 12.3. The van der Waals surface area contributed by atoms with Crippen LogP contribution in [0, 0.1) is 0 Å². The number of aliphatic carboxylic acids is 1. The molecule has 0 aliphatic heterocycles. The Hall–Kier alpha value is -1.77. The van der Waals surface area contributed by atoms with Crippen LogP contribution < -0.4 is 0 Å². The van der Waals surface area contributed by atoms with Crippen molar-refractivity contribution in [2.75, 3.05) is 0 Å². The van der Waals surface area contributed by atoms with Gasteiger partial charge in [-0.25, -0.2) is 0 Å². The summed E-state index contributed by atoms with van der Waals surface area (Å²) in [6.45, 7) is 2.11. The van der Waals surface area contributed by atoms with Crippen molar-refractivity contribution in [2.45, 2.75) is 31.6 Å². The summed E-state index contributed by atoms with van der Waals surface area (Å²) in [6, 6.07) is 3.98. The predicted octanol–water partition coefficient (Wildman–Crippen LogP) is 3.02. The summed E-state index contributed by atoms with van der Waals surface area (Å²) in [5.74, 6) is -0.741. The molecule has 0 radical (unpaired) electrons. The van der Waals surface area contributed by atoms with Gasteiger partial charge in [0.05, 0.1) is 0 Å². The third kappa shape index (κ3) is 2.33. The van der Waals surface area contributed by atoms with E-state index in [9.17, 15) is 4.79 Å². The van der Waals surface area contributed by atoms with Crippen LogP contribution in [0.25, 0.3) is 0 Å². The predicted molar refractivity (Wildman–Crippen MR) is 66.9 cm³/mol. The van der Waals surface area contributed by atoms with E-state index in [1.165, 1.54) is 5.57 Å². The zero-order valence-corrected chi connectivity index (χ0v) is 9.94. The van der Waals surface area contributed by atoms with Gasteiger partial charge in [-0.2, -0.15) is 0 Å². The molecule has 1 atom stereocenters. The number of carbonyl (C=O) groups is 1. The highest BCUT2D eigenvalue weighted by molar-refractivity contribution is 5.67. The molecule has 1 aliphatic carbocycles. The monoisotopic (exact) mass is 231 g/mol. The smallest absolute Gasteiger partial charge is 0.303 e. The van der Waals surface area contributed by atoms with Crippen molar-refractivity contribution in [1.82, 2.24) is 4.98 Å². The summed E-state index contributed by atoms with van der Waals surface area (Å²) in [4.78, 5) is 14.0. The second-order valence-electron chi connectivity index (χ2n) is 4.63. The third-order valence-electron chi connectivity index (χ3n) is 3.51. The molecule has 0 aromatic carbocycles. The maximum Gasteiger partial charge on any atom is 0.303 e. The highest BCUT2D eigenvalue weighted by Crippen LogP contribution is 2.39. The fourth-order valence-corrected chi connectivity index (χ4v) is 2.36. The van der Waals surface area contributed by atoms with Gasteiger partial charge in [0.1, 0.15) is 0 Å². The van der Waals surface area contributed by atoms with Crippen LogP contribution in [0.3, 0.4) is 0 Å². The zero-order valence-electron chi connectivity index (χ0n) is 9.94. The molecule has 0 saturated carbocycles.